The van der Waals surface area contributed by atoms with E-state index < -0.39 is 62.0 Å². The highest BCUT2D eigenvalue weighted by Gasteiger charge is 2.65. The first-order valence-corrected chi connectivity index (χ1v) is 14.2. The molecular weight excluding hydrogens is 565 g/mol. The molecule has 3 aromatic rings. The molecule has 6 atom stereocenters. The molecule has 4 rings (SSSR count). The highest BCUT2D eigenvalue weighted by molar-refractivity contribution is 7.52. The van der Waals surface area contributed by atoms with E-state index in [1.165, 1.54) is 13.0 Å². The Labute approximate surface area is 234 Å². The largest absolute Gasteiger partial charge is 0.462 e. The number of aliphatic hydroxyl groups is 1. The lowest BCUT2D eigenvalue weighted by Crippen LogP contribution is -2.47. The van der Waals surface area contributed by atoms with Crippen LogP contribution in [0.3, 0.4) is 0 Å². The van der Waals surface area contributed by atoms with Crippen LogP contribution in [-0.4, -0.2) is 57.0 Å². The van der Waals surface area contributed by atoms with Crippen molar-refractivity contribution in [2.45, 2.75) is 63.7 Å². The Balaban J connectivity index is 1.64. The van der Waals surface area contributed by atoms with Crippen molar-refractivity contribution in [2.75, 3.05) is 12.3 Å². The molecule has 1 saturated heterocycles. The number of halogens is 2. The molecule has 0 aliphatic carbocycles. The minimum atomic E-state index is -4.67. The molecule has 1 aliphatic heterocycles. The molecule has 0 spiro atoms. The zero-order chi connectivity index (χ0) is 30.2. The number of ether oxygens (including phenoxy) is 2. The number of hydrogen-bond donors (Lipinski definition) is 3. The second kappa shape index (κ2) is 11.5. The van der Waals surface area contributed by atoms with Crippen molar-refractivity contribution in [1.82, 2.24) is 14.6 Å². The van der Waals surface area contributed by atoms with Gasteiger partial charge < -0.3 is 24.8 Å². The van der Waals surface area contributed by atoms with Gasteiger partial charge >= 0.3 is 19.4 Å². The zero-order valence-corrected chi connectivity index (χ0v) is 23.6. The first-order chi connectivity index (χ1) is 19.1. The summed E-state index contributed by atoms with van der Waals surface area (Å²) in [5.41, 5.74) is 1.54. The maximum absolute atomic E-state index is 16.0. The molecule has 41 heavy (non-hydrogen) atoms. The molecule has 0 bridgehead atoms. The Morgan fingerprint density at radius 2 is 1.90 bits per heavy atom. The monoisotopic (exact) mass is 596 g/mol. The van der Waals surface area contributed by atoms with Gasteiger partial charge in [-0.15, -0.1) is 0 Å². The number of aliphatic hydroxyl groups excluding tert-OH is 1. The van der Waals surface area contributed by atoms with Gasteiger partial charge in [-0.1, -0.05) is 36.4 Å². The van der Waals surface area contributed by atoms with E-state index in [1.807, 2.05) is 0 Å². The number of nitrogens with two attached hydrogens (primary N) is 1. The third-order valence-electron chi connectivity index (χ3n) is 6.29. The fraction of sp³-hybridized carbons (Fsp3) is 0.423. The summed E-state index contributed by atoms with van der Waals surface area (Å²) in [5.74, 6) is -4.22. The van der Waals surface area contributed by atoms with E-state index in [0.29, 0.717) is 9.95 Å². The fourth-order valence-corrected chi connectivity index (χ4v) is 5.78. The quantitative estimate of drug-likeness (QED) is 0.232. The van der Waals surface area contributed by atoms with Gasteiger partial charge in [0, 0.05) is 11.6 Å². The molecule has 15 heteroatoms. The lowest BCUT2D eigenvalue weighted by Gasteiger charge is -2.28. The summed E-state index contributed by atoms with van der Waals surface area (Å²) in [7, 11) is -4.67. The number of benzene rings is 2. The van der Waals surface area contributed by atoms with Crippen molar-refractivity contribution in [3.8, 4) is 5.75 Å². The summed E-state index contributed by atoms with van der Waals surface area (Å²) in [6, 6.07) is 11.7. The van der Waals surface area contributed by atoms with Gasteiger partial charge in [0.2, 0.25) is 0 Å². The second-order valence-electron chi connectivity index (χ2n) is 10.0. The normalized spacial score (nSPS) is 26.5. The molecule has 2 aromatic carbocycles. The van der Waals surface area contributed by atoms with Crippen LogP contribution >= 0.6 is 7.75 Å². The summed E-state index contributed by atoms with van der Waals surface area (Å²) in [6.45, 7) is 4.05. The van der Waals surface area contributed by atoms with E-state index >= 15 is 8.78 Å². The van der Waals surface area contributed by atoms with Crippen molar-refractivity contribution in [3.63, 3.8) is 0 Å². The smallest absolute Gasteiger partial charge is 0.459 e. The van der Waals surface area contributed by atoms with Crippen LogP contribution in [0.25, 0.3) is 10.8 Å². The van der Waals surface area contributed by atoms with Gasteiger partial charge in [0.15, 0.2) is 18.0 Å². The first-order valence-electron chi connectivity index (χ1n) is 12.6. The fourth-order valence-electron chi connectivity index (χ4n) is 4.26. The number of carbonyl (C=O) groups excluding carboxylic acids is 1. The molecule has 1 fully saturated rings. The van der Waals surface area contributed by atoms with Crippen LogP contribution in [0.15, 0.2) is 59.5 Å². The Morgan fingerprint density at radius 1 is 1.22 bits per heavy atom. The summed E-state index contributed by atoms with van der Waals surface area (Å²) in [4.78, 5) is 28.2. The Morgan fingerprint density at radius 3 is 2.59 bits per heavy atom. The van der Waals surface area contributed by atoms with E-state index in [9.17, 15) is 19.3 Å². The average Bonchev–Trinajstić information content (AvgIpc) is 3.07. The van der Waals surface area contributed by atoms with Gasteiger partial charge in [-0.2, -0.15) is 10.1 Å². The van der Waals surface area contributed by atoms with Crippen molar-refractivity contribution < 1.29 is 41.8 Å². The SMILES string of the molecule is CC(C)OC(=O)[C@H](C)NP(=O)(OC[C@@]1(F)O[C@@H](n2ccc(N)nc2=O)[C@](C)(F)C1O)Oc1cccc2ccccc12. The van der Waals surface area contributed by atoms with Gasteiger partial charge in [-0.05, 0) is 45.2 Å². The topological polar surface area (TPSA) is 164 Å². The van der Waals surface area contributed by atoms with E-state index in [0.717, 1.165) is 24.6 Å². The predicted octanol–water partition coefficient (Wildman–Crippen LogP) is 3.40. The van der Waals surface area contributed by atoms with Crippen LogP contribution in [0, 0.1) is 0 Å². The number of aromatic nitrogens is 2. The molecule has 1 aliphatic rings. The summed E-state index contributed by atoms with van der Waals surface area (Å²) in [5, 5.41) is 14.3. The highest BCUT2D eigenvalue weighted by Crippen LogP contribution is 2.52. The van der Waals surface area contributed by atoms with Crippen molar-refractivity contribution in [1.29, 1.82) is 0 Å². The number of fused-ring (bicyclic) bond motifs is 1. The number of hydrogen-bond acceptors (Lipinski definition) is 10. The lowest BCUT2D eigenvalue weighted by atomic mass is 9.97. The molecule has 2 heterocycles. The highest BCUT2D eigenvalue weighted by atomic mass is 31.2. The molecule has 12 nitrogen and oxygen atoms in total. The minimum absolute atomic E-state index is 0.0665. The molecule has 1 aromatic heterocycles. The number of anilines is 1. The van der Waals surface area contributed by atoms with Gasteiger partial charge in [-0.25, -0.2) is 18.1 Å². The van der Waals surface area contributed by atoms with Crippen LogP contribution in [0.4, 0.5) is 14.6 Å². The first kappa shape index (κ1) is 30.5. The maximum atomic E-state index is 16.0. The predicted molar refractivity (Wildman–Crippen MR) is 144 cm³/mol. The van der Waals surface area contributed by atoms with Gasteiger partial charge in [0.1, 0.15) is 24.2 Å². The summed E-state index contributed by atoms with van der Waals surface area (Å²) in [6.07, 6.45) is -3.96. The third-order valence-corrected chi connectivity index (χ3v) is 7.90. The number of alkyl halides is 2. The van der Waals surface area contributed by atoms with Gasteiger partial charge in [0.05, 0.1) is 6.10 Å². The number of nitrogen functional groups attached to an aromatic ring is 1. The molecule has 0 radical (unpaired) electrons. The molecule has 0 saturated carbocycles. The van der Waals surface area contributed by atoms with E-state index in [4.69, 9.17) is 24.3 Å². The zero-order valence-electron chi connectivity index (χ0n) is 22.7. The van der Waals surface area contributed by atoms with Crippen molar-refractivity contribution in [2.24, 2.45) is 0 Å². The van der Waals surface area contributed by atoms with Crippen LogP contribution in [0.2, 0.25) is 0 Å². The third kappa shape index (κ3) is 6.41. The number of nitrogens with one attached hydrogen (secondary N) is 1. The standard InChI is InChI=1S/C26H31F2N4O8P/c1-15(2)38-21(33)16(3)31-41(36,40-19-11-7-9-17-8-5-6-10-18(17)19)37-14-26(28)22(34)25(4,27)23(39-26)32-13-12-20(29)30-24(32)35/h5-13,15-16,22-23,34H,14H2,1-4H3,(H,31,36)(H2,29,30,35)/t16-,22?,23+,25+,26+,41?/m0/s1. The summed E-state index contributed by atoms with van der Waals surface area (Å²) >= 11 is 0. The van der Waals surface area contributed by atoms with Crippen LogP contribution < -0.4 is 21.0 Å². The summed E-state index contributed by atoms with van der Waals surface area (Å²) < 4.78 is 67.7. The van der Waals surface area contributed by atoms with Crippen LogP contribution in [-0.2, 0) is 23.4 Å². The van der Waals surface area contributed by atoms with Crippen molar-refractivity contribution in [3.05, 3.63) is 65.2 Å². The van der Waals surface area contributed by atoms with E-state index in [-0.39, 0.29) is 11.6 Å². The minimum Gasteiger partial charge on any atom is -0.462 e. The van der Waals surface area contributed by atoms with Crippen LogP contribution in [0.1, 0.15) is 33.9 Å². The molecule has 4 N–H and O–H groups in total. The van der Waals surface area contributed by atoms with Gasteiger partial charge in [0.25, 0.3) is 5.85 Å². The number of carbonyl (C=O) groups is 1. The maximum Gasteiger partial charge on any atom is 0.459 e. The molecule has 0 amide bonds. The Bertz CT molecular complexity index is 1530. The molecule has 222 valence electrons. The number of esters is 1. The number of nitrogens with zero attached hydrogens (tertiary/aromatic N) is 2. The Hall–Kier alpha value is -3.42. The second-order valence-corrected chi connectivity index (χ2v) is 11.7. The van der Waals surface area contributed by atoms with Crippen LogP contribution in [0.5, 0.6) is 5.75 Å². The van der Waals surface area contributed by atoms with Gasteiger partial charge in [-0.3, -0.25) is 13.9 Å². The van der Waals surface area contributed by atoms with E-state index in [1.54, 1.807) is 50.2 Å². The van der Waals surface area contributed by atoms with E-state index in [2.05, 4.69) is 10.1 Å². The lowest BCUT2D eigenvalue weighted by molar-refractivity contribution is -0.203. The average molecular weight is 597 g/mol. The number of rotatable bonds is 10. The molecule has 2 unspecified atom stereocenters. The molecular formula is C26H31F2N4O8P. The van der Waals surface area contributed by atoms with Crippen molar-refractivity contribution >= 4 is 30.3 Å². The Kier molecular flexibility index (Phi) is 8.53.